The number of amides is 1. The molecule has 1 amide bonds. The lowest BCUT2D eigenvalue weighted by atomic mass is 10.2. The van der Waals surface area contributed by atoms with Gasteiger partial charge in [0.05, 0.1) is 12.9 Å². The maximum absolute atomic E-state index is 12.1. The Balaban J connectivity index is 2.39. The lowest BCUT2D eigenvalue weighted by Crippen LogP contribution is -2.37. The Bertz CT molecular complexity index is 422. The molecule has 0 aliphatic heterocycles. The van der Waals surface area contributed by atoms with E-state index < -0.39 is 0 Å². The maximum atomic E-state index is 12.1. The second-order valence-corrected chi connectivity index (χ2v) is 5.36. The van der Waals surface area contributed by atoms with Gasteiger partial charge < -0.3 is 9.64 Å². The van der Waals surface area contributed by atoms with Gasteiger partial charge in [-0.2, -0.15) is 0 Å². The monoisotopic (exact) mass is 295 g/mol. The van der Waals surface area contributed by atoms with Crippen molar-refractivity contribution in [2.75, 3.05) is 26.0 Å². The van der Waals surface area contributed by atoms with Crippen LogP contribution in [0.2, 0.25) is 0 Å². The van der Waals surface area contributed by atoms with Crippen LogP contribution in [-0.4, -0.2) is 42.7 Å². The summed E-state index contributed by atoms with van der Waals surface area (Å²) in [4.78, 5) is 24.9. The molecule has 0 atom stereocenters. The van der Waals surface area contributed by atoms with Crippen molar-refractivity contribution in [3.8, 4) is 0 Å². The molecule has 5 heteroatoms. The van der Waals surface area contributed by atoms with Crippen molar-refractivity contribution in [2.24, 2.45) is 0 Å². The Morgan fingerprint density at radius 2 is 1.95 bits per heavy atom. The number of nitrogens with zero attached hydrogens (tertiary/aromatic N) is 1. The first-order valence-electron chi connectivity index (χ1n) is 6.63. The highest BCUT2D eigenvalue weighted by molar-refractivity contribution is 7.99. The van der Waals surface area contributed by atoms with Crippen LogP contribution in [0.25, 0.3) is 0 Å². The number of ether oxygens (including phenoxy) is 1. The molecule has 0 radical (unpaired) electrons. The van der Waals surface area contributed by atoms with Crippen LogP contribution in [0.15, 0.2) is 30.3 Å². The van der Waals surface area contributed by atoms with Crippen molar-refractivity contribution in [1.82, 2.24) is 4.90 Å². The fraction of sp³-hybridized carbons (Fsp3) is 0.467. The molecule has 0 aliphatic rings. The first kappa shape index (κ1) is 16.6. The SMILES string of the molecule is CCCN(CC(=O)OC)C(=O)CSCc1ccccc1. The van der Waals surface area contributed by atoms with Gasteiger partial charge in [0.2, 0.25) is 5.91 Å². The van der Waals surface area contributed by atoms with E-state index in [9.17, 15) is 9.59 Å². The quantitative estimate of drug-likeness (QED) is 0.691. The minimum Gasteiger partial charge on any atom is -0.468 e. The summed E-state index contributed by atoms with van der Waals surface area (Å²) in [6.07, 6.45) is 0.825. The number of esters is 1. The van der Waals surface area contributed by atoms with Crippen LogP contribution in [0.5, 0.6) is 0 Å². The van der Waals surface area contributed by atoms with Crippen LogP contribution < -0.4 is 0 Å². The summed E-state index contributed by atoms with van der Waals surface area (Å²) in [7, 11) is 1.33. The summed E-state index contributed by atoms with van der Waals surface area (Å²) in [6.45, 7) is 2.60. The number of hydrogen-bond donors (Lipinski definition) is 0. The molecule has 0 aliphatic carbocycles. The van der Waals surface area contributed by atoms with Crippen molar-refractivity contribution in [3.63, 3.8) is 0 Å². The number of benzene rings is 1. The lowest BCUT2D eigenvalue weighted by Gasteiger charge is -2.20. The molecule has 0 bridgehead atoms. The summed E-state index contributed by atoms with van der Waals surface area (Å²) in [6, 6.07) is 10.0. The van der Waals surface area contributed by atoms with E-state index >= 15 is 0 Å². The van der Waals surface area contributed by atoms with Gasteiger partial charge in [0, 0.05) is 12.3 Å². The molecule has 0 unspecified atom stereocenters. The highest BCUT2D eigenvalue weighted by Gasteiger charge is 2.16. The molecule has 0 saturated carbocycles. The summed E-state index contributed by atoms with van der Waals surface area (Å²) in [5, 5.41) is 0. The van der Waals surface area contributed by atoms with Crippen molar-refractivity contribution in [3.05, 3.63) is 35.9 Å². The van der Waals surface area contributed by atoms with E-state index in [2.05, 4.69) is 4.74 Å². The predicted octanol–water partition coefficient (Wildman–Crippen LogP) is 2.33. The van der Waals surface area contributed by atoms with Gasteiger partial charge in [-0.05, 0) is 12.0 Å². The van der Waals surface area contributed by atoms with Gasteiger partial charge in [-0.1, -0.05) is 37.3 Å². The van der Waals surface area contributed by atoms with Gasteiger partial charge in [-0.3, -0.25) is 9.59 Å². The smallest absolute Gasteiger partial charge is 0.325 e. The molecule has 0 fully saturated rings. The lowest BCUT2D eigenvalue weighted by molar-refractivity contribution is -0.146. The number of carbonyl (C=O) groups excluding carboxylic acids is 2. The average Bonchev–Trinajstić information content (AvgIpc) is 2.47. The topological polar surface area (TPSA) is 46.6 Å². The Morgan fingerprint density at radius 3 is 2.55 bits per heavy atom. The third-order valence-corrected chi connectivity index (χ3v) is 3.72. The highest BCUT2D eigenvalue weighted by atomic mass is 32.2. The van der Waals surface area contributed by atoms with Gasteiger partial charge in [0.25, 0.3) is 0 Å². The Hall–Kier alpha value is -1.49. The van der Waals surface area contributed by atoms with E-state index in [1.807, 2.05) is 37.3 Å². The van der Waals surface area contributed by atoms with Gasteiger partial charge in [-0.15, -0.1) is 11.8 Å². The van der Waals surface area contributed by atoms with Crippen LogP contribution in [0.3, 0.4) is 0 Å². The van der Waals surface area contributed by atoms with E-state index in [1.165, 1.54) is 12.7 Å². The Morgan fingerprint density at radius 1 is 1.25 bits per heavy atom. The fourth-order valence-electron chi connectivity index (χ4n) is 1.70. The Labute approximate surface area is 124 Å². The van der Waals surface area contributed by atoms with Crippen molar-refractivity contribution in [1.29, 1.82) is 0 Å². The largest absolute Gasteiger partial charge is 0.468 e. The van der Waals surface area contributed by atoms with Crippen LogP contribution in [0.1, 0.15) is 18.9 Å². The van der Waals surface area contributed by atoms with Crippen LogP contribution in [-0.2, 0) is 20.1 Å². The van der Waals surface area contributed by atoms with E-state index in [0.717, 1.165) is 12.2 Å². The normalized spacial score (nSPS) is 10.1. The number of thioether (sulfide) groups is 1. The molecule has 20 heavy (non-hydrogen) atoms. The molecule has 4 nitrogen and oxygen atoms in total. The molecular formula is C15H21NO3S. The molecular weight excluding hydrogens is 274 g/mol. The van der Waals surface area contributed by atoms with Gasteiger partial charge in [-0.25, -0.2) is 0 Å². The predicted molar refractivity (Wildman–Crippen MR) is 81.5 cm³/mol. The standard InChI is InChI=1S/C15H21NO3S/c1-3-9-16(10-15(18)19-2)14(17)12-20-11-13-7-5-4-6-8-13/h4-8H,3,9-12H2,1-2H3. The van der Waals surface area contributed by atoms with E-state index in [1.54, 1.807) is 16.7 Å². The second kappa shape index (κ2) is 9.42. The first-order valence-corrected chi connectivity index (χ1v) is 7.79. The summed E-state index contributed by atoms with van der Waals surface area (Å²) >= 11 is 1.56. The summed E-state index contributed by atoms with van der Waals surface area (Å²) in [5.41, 5.74) is 1.19. The zero-order valence-electron chi connectivity index (χ0n) is 12.0. The van der Waals surface area contributed by atoms with E-state index in [4.69, 9.17) is 0 Å². The fourth-order valence-corrected chi connectivity index (χ4v) is 2.59. The first-order chi connectivity index (χ1) is 9.67. The molecule has 0 saturated heterocycles. The molecule has 0 heterocycles. The average molecular weight is 295 g/mol. The molecule has 1 rings (SSSR count). The van der Waals surface area contributed by atoms with Crippen LogP contribution in [0.4, 0.5) is 0 Å². The molecule has 0 aromatic heterocycles. The molecule has 1 aromatic rings. The second-order valence-electron chi connectivity index (χ2n) is 4.37. The minimum atomic E-state index is -0.375. The number of rotatable bonds is 8. The summed E-state index contributed by atoms with van der Waals surface area (Å²) in [5.74, 6) is 0.787. The molecule has 0 N–H and O–H groups in total. The van der Waals surface area contributed by atoms with Gasteiger partial charge >= 0.3 is 5.97 Å². The number of carbonyl (C=O) groups is 2. The number of hydrogen-bond acceptors (Lipinski definition) is 4. The van der Waals surface area contributed by atoms with Crippen molar-refractivity contribution >= 4 is 23.6 Å². The Kier molecular flexibility index (Phi) is 7.80. The van der Waals surface area contributed by atoms with Crippen LogP contribution in [0, 0.1) is 0 Å². The van der Waals surface area contributed by atoms with E-state index in [0.29, 0.717) is 12.3 Å². The zero-order valence-corrected chi connectivity index (χ0v) is 12.8. The third kappa shape index (κ3) is 6.10. The highest BCUT2D eigenvalue weighted by Crippen LogP contribution is 2.12. The minimum absolute atomic E-state index is 0.0156. The zero-order chi connectivity index (χ0) is 14.8. The number of methoxy groups -OCH3 is 1. The van der Waals surface area contributed by atoms with Crippen molar-refractivity contribution < 1.29 is 14.3 Å². The van der Waals surface area contributed by atoms with Crippen molar-refractivity contribution in [2.45, 2.75) is 19.1 Å². The molecule has 1 aromatic carbocycles. The molecule has 0 spiro atoms. The van der Waals surface area contributed by atoms with E-state index in [-0.39, 0.29) is 18.4 Å². The molecule has 110 valence electrons. The third-order valence-electron chi connectivity index (χ3n) is 2.73. The summed E-state index contributed by atoms with van der Waals surface area (Å²) < 4.78 is 4.61. The van der Waals surface area contributed by atoms with Crippen LogP contribution >= 0.6 is 11.8 Å². The van der Waals surface area contributed by atoms with Gasteiger partial charge in [0.1, 0.15) is 6.54 Å². The maximum Gasteiger partial charge on any atom is 0.325 e. The van der Waals surface area contributed by atoms with Gasteiger partial charge in [0.15, 0.2) is 0 Å².